The van der Waals surface area contributed by atoms with Gasteiger partial charge in [-0.25, -0.2) is 0 Å². The van der Waals surface area contributed by atoms with E-state index in [4.69, 9.17) is 0 Å². The van der Waals surface area contributed by atoms with Gasteiger partial charge in [-0.2, -0.15) is 0 Å². The fraction of sp³-hybridized carbons (Fsp3) is 0.385. The number of allylic oxidation sites excluding steroid dienone is 2. The summed E-state index contributed by atoms with van der Waals surface area (Å²) in [6, 6.07) is 0. The summed E-state index contributed by atoms with van der Waals surface area (Å²) >= 11 is 0. The SMILES string of the molecule is C1=Cc2c([nH]c3c2CCC=C3)CCC1. The second kappa shape index (κ2) is 3.16. The molecular weight excluding hydrogens is 170 g/mol. The van der Waals surface area contributed by atoms with E-state index in [9.17, 15) is 0 Å². The minimum Gasteiger partial charge on any atom is -0.358 e. The summed E-state index contributed by atoms with van der Waals surface area (Å²) in [5.74, 6) is 0. The van der Waals surface area contributed by atoms with Gasteiger partial charge in [0.25, 0.3) is 0 Å². The smallest absolute Gasteiger partial charge is 0.0418 e. The second-order valence-electron chi connectivity index (χ2n) is 4.15. The molecule has 1 aromatic rings. The summed E-state index contributed by atoms with van der Waals surface area (Å²) in [5, 5.41) is 0. The van der Waals surface area contributed by atoms with Crippen LogP contribution in [0.15, 0.2) is 12.2 Å². The lowest BCUT2D eigenvalue weighted by atomic mass is 9.99. The molecule has 0 aromatic carbocycles. The van der Waals surface area contributed by atoms with Gasteiger partial charge in [-0.3, -0.25) is 0 Å². The molecule has 1 heteroatoms. The fourth-order valence-electron chi connectivity index (χ4n) is 2.47. The van der Waals surface area contributed by atoms with Crippen molar-refractivity contribution in [1.29, 1.82) is 0 Å². The van der Waals surface area contributed by atoms with Gasteiger partial charge < -0.3 is 4.98 Å². The van der Waals surface area contributed by atoms with E-state index in [0.29, 0.717) is 0 Å². The first-order valence-electron chi connectivity index (χ1n) is 5.52. The molecule has 2 aliphatic rings. The Morgan fingerprint density at radius 2 is 1.93 bits per heavy atom. The number of H-pyrrole nitrogens is 1. The van der Waals surface area contributed by atoms with Crippen LogP contribution in [0.1, 0.15) is 41.8 Å². The van der Waals surface area contributed by atoms with Crippen molar-refractivity contribution >= 4 is 12.2 Å². The standard InChI is InChI=1S/C13H15N/c1-2-6-10-11-7-4-5-9-13(11)14-12(10)8-3-1/h2,5-6,9,14H,1,3-4,7-8H2. The molecular formula is C13H15N. The number of rotatable bonds is 0. The third-order valence-electron chi connectivity index (χ3n) is 3.19. The van der Waals surface area contributed by atoms with Crippen molar-refractivity contribution in [3.8, 4) is 0 Å². The Morgan fingerprint density at radius 1 is 1.00 bits per heavy atom. The lowest BCUT2D eigenvalue weighted by Crippen LogP contribution is -1.92. The zero-order valence-electron chi connectivity index (χ0n) is 8.34. The van der Waals surface area contributed by atoms with Crippen LogP contribution in [-0.4, -0.2) is 4.98 Å². The monoisotopic (exact) mass is 185 g/mol. The predicted molar refractivity (Wildman–Crippen MR) is 60.1 cm³/mol. The Labute approximate surface area is 84.5 Å². The van der Waals surface area contributed by atoms with Crippen LogP contribution in [-0.2, 0) is 12.8 Å². The number of aromatic amines is 1. The van der Waals surface area contributed by atoms with Gasteiger partial charge in [-0.05, 0) is 49.3 Å². The van der Waals surface area contributed by atoms with Gasteiger partial charge in [0.2, 0.25) is 0 Å². The van der Waals surface area contributed by atoms with E-state index in [-0.39, 0.29) is 0 Å². The molecule has 1 heterocycles. The van der Waals surface area contributed by atoms with E-state index in [1.165, 1.54) is 49.1 Å². The molecule has 1 nitrogen and oxygen atoms in total. The number of aromatic nitrogens is 1. The summed E-state index contributed by atoms with van der Waals surface area (Å²) < 4.78 is 0. The van der Waals surface area contributed by atoms with Crippen molar-refractivity contribution < 1.29 is 0 Å². The average Bonchev–Trinajstić information content (AvgIpc) is 2.42. The molecule has 0 saturated heterocycles. The van der Waals surface area contributed by atoms with Gasteiger partial charge in [0.15, 0.2) is 0 Å². The van der Waals surface area contributed by atoms with Gasteiger partial charge in [0.1, 0.15) is 0 Å². The second-order valence-corrected chi connectivity index (χ2v) is 4.15. The molecule has 0 aliphatic heterocycles. The van der Waals surface area contributed by atoms with Crippen LogP contribution in [0, 0.1) is 0 Å². The molecule has 1 aromatic heterocycles. The summed E-state index contributed by atoms with van der Waals surface area (Å²) in [5.41, 5.74) is 5.84. The van der Waals surface area contributed by atoms with E-state index in [0.717, 1.165) is 0 Å². The molecule has 0 fully saturated rings. The number of nitrogens with one attached hydrogen (secondary N) is 1. The van der Waals surface area contributed by atoms with E-state index in [1.807, 2.05) is 0 Å². The first-order chi connectivity index (χ1) is 6.95. The molecule has 0 saturated carbocycles. The number of aryl methyl sites for hydroxylation is 1. The first-order valence-corrected chi connectivity index (χ1v) is 5.52. The van der Waals surface area contributed by atoms with Gasteiger partial charge in [-0.15, -0.1) is 0 Å². The molecule has 1 N–H and O–H groups in total. The van der Waals surface area contributed by atoms with Crippen molar-refractivity contribution in [2.75, 3.05) is 0 Å². The predicted octanol–water partition coefficient (Wildman–Crippen LogP) is 3.32. The minimum absolute atomic E-state index is 1.20. The normalized spacial score (nSPS) is 18.9. The molecule has 2 aliphatic carbocycles. The molecule has 0 atom stereocenters. The van der Waals surface area contributed by atoms with Crippen molar-refractivity contribution in [2.45, 2.75) is 32.1 Å². The van der Waals surface area contributed by atoms with Gasteiger partial charge >= 0.3 is 0 Å². The fourth-order valence-corrected chi connectivity index (χ4v) is 2.47. The maximum absolute atomic E-state index is 3.56. The van der Waals surface area contributed by atoms with Crippen molar-refractivity contribution in [1.82, 2.24) is 4.98 Å². The van der Waals surface area contributed by atoms with Crippen LogP contribution >= 0.6 is 0 Å². The van der Waals surface area contributed by atoms with E-state index in [2.05, 4.69) is 29.3 Å². The van der Waals surface area contributed by atoms with Crippen molar-refractivity contribution in [3.63, 3.8) is 0 Å². The van der Waals surface area contributed by atoms with Gasteiger partial charge in [0.05, 0.1) is 0 Å². The number of hydrogen-bond acceptors (Lipinski definition) is 0. The Morgan fingerprint density at radius 3 is 2.93 bits per heavy atom. The first kappa shape index (κ1) is 8.10. The van der Waals surface area contributed by atoms with Crippen LogP contribution in [0.5, 0.6) is 0 Å². The van der Waals surface area contributed by atoms with Crippen molar-refractivity contribution in [2.24, 2.45) is 0 Å². The van der Waals surface area contributed by atoms with Crippen LogP contribution in [0.2, 0.25) is 0 Å². The Bertz CT molecular complexity index is 407. The summed E-state index contributed by atoms with van der Waals surface area (Å²) in [7, 11) is 0. The van der Waals surface area contributed by atoms with Crippen LogP contribution in [0.25, 0.3) is 12.2 Å². The van der Waals surface area contributed by atoms with E-state index < -0.39 is 0 Å². The Kier molecular flexibility index (Phi) is 1.83. The van der Waals surface area contributed by atoms with E-state index in [1.54, 1.807) is 5.56 Å². The Hall–Kier alpha value is -1.24. The maximum Gasteiger partial charge on any atom is 0.0418 e. The lowest BCUT2D eigenvalue weighted by molar-refractivity contribution is 0.831. The molecule has 0 spiro atoms. The minimum atomic E-state index is 1.20. The largest absolute Gasteiger partial charge is 0.358 e. The molecule has 14 heavy (non-hydrogen) atoms. The van der Waals surface area contributed by atoms with Crippen molar-refractivity contribution in [3.05, 3.63) is 34.7 Å². The third kappa shape index (κ3) is 1.16. The van der Waals surface area contributed by atoms with E-state index >= 15 is 0 Å². The van der Waals surface area contributed by atoms with Gasteiger partial charge in [-0.1, -0.05) is 18.2 Å². The average molecular weight is 185 g/mol. The molecule has 0 unspecified atom stereocenters. The summed E-state index contributed by atoms with van der Waals surface area (Å²) in [6.07, 6.45) is 15.3. The maximum atomic E-state index is 3.56. The lowest BCUT2D eigenvalue weighted by Gasteiger charge is -2.05. The molecule has 72 valence electrons. The zero-order valence-corrected chi connectivity index (χ0v) is 8.34. The number of hydrogen-bond donors (Lipinski definition) is 1. The highest BCUT2D eigenvalue weighted by molar-refractivity contribution is 5.66. The summed E-state index contributed by atoms with van der Waals surface area (Å²) in [4.78, 5) is 3.56. The highest BCUT2D eigenvalue weighted by Crippen LogP contribution is 2.29. The highest BCUT2D eigenvalue weighted by atomic mass is 14.7. The molecule has 0 bridgehead atoms. The van der Waals surface area contributed by atoms with Gasteiger partial charge in [0, 0.05) is 11.4 Å². The topological polar surface area (TPSA) is 15.8 Å². The summed E-state index contributed by atoms with van der Waals surface area (Å²) in [6.45, 7) is 0. The molecule has 3 rings (SSSR count). The third-order valence-corrected chi connectivity index (χ3v) is 3.19. The quantitative estimate of drug-likeness (QED) is 0.638. The van der Waals surface area contributed by atoms with Crippen LogP contribution in [0.3, 0.4) is 0 Å². The van der Waals surface area contributed by atoms with Crippen LogP contribution in [0.4, 0.5) is 0 Å². The highest BCUT2D eigenvalue weighted by Gasteiger charge is 2.16. The Balaban J connectivity index is 2.17. The molecule has 0 radical (unpaired) electrons. The number of fused-ring (bicyclic) bond motifs is 3. The zero-order chi connectivity index (χ0) is 9.38. The van der Waals surface area contributed by atoms with Crippen LogP contribution < -0.4 is 0 Å². The molecule has 0 amide bonds.